The zero-order valence-corrected chi connectivity index (χ0v) is 83.6. The predicted molar refractivity (Wildman–Crippen MR) is 505 cm³/mol. The molecule has 3 fully saturated rings. The van der Waals surface area contributed by atoms with E-state index in [1.165, 1.54) is 60.6 Å². The number of benzene rings is 2. The highest BCUT2D eigenvalue weighted by molar-refractivity contribution is 8.72. The predicted octanol–water partition coefficient (Wildman–Crippen LogP) is 16.5. The topological polar surface area (TPSA) is 312 Å². The number of aliphatic hydroxyl groups is 2. The van der Waals surface area contributed by atoms with Crippen LogP contribution in [0.25, 0.3) is 0 Å². The summed E-state index contributed by atoms with van der Waals surface area (Å²) in [4.78, 5) is 64.0. The fourth-order valence-electron chi connectivity index (χ4n) is 8.27. The lowest BCUT2D eigenvalue weighted by atomic mass is 9.91. The summed E-state index contributed by atoms with van der Waals surface area (Å²) in [5, 5.41) is 17.7. The third-order valence-electron chi connectivity index (χ3n) is 15.2. The minimum Gasteiger partial charge on any atom is -0.433 e. The standard InChI is InChI=1S/C19H29NO5S2.C13H25NO2S2.C13H25NO2S.C8H10O2S2.C7H16.C6H12O3S.C6H14O2.C5H9ClO3.C2H6O2S2.2H2S/c1-16-4-6-17(7-5-16)27(22,23)25-14-19(2,3)15-26-18(21)8-9-20-10-12-24-13-11-20;1-13(2,4-10-17)11-18-12(15)3-5-14-6-8-16-9-7-14;1-13(2,3)5-11-17-12(15)4-6-14-7-9-16-10-8-14;1-7-3-5-8(6-4-7)12(9,10)11-2;1-5-6-7(2,3)4;1-5(2)9-6(7)8-3-4-10;1-6(2,5-8)3-4-7;1-4(2)9-5(7)8-3-6;1-5-6(2,3)4;;/h4-7H,8-15H2,1-3H3;17H,3-11H2,1-2H3;4-11H2,1-3H3;3-6H,1-2H3;5-6H2,1-4H3;5,10H,3-4H2,1-2H3;7-8H,3-5H2,1-2H3;4H,3H2,1-2H3;1-2H3;2*1H2/i;10T;1T;;2T;;;;;;/hT3. The summed E-state index contributed by atoms with van der Waals surface area (Å²) in [6, 6.07) is 13.2. The van der Waals surface area contributed by atoms with E-state index in [9.17, 15) is 49.2 Å². The van der Waals surface area contributed by atoms with Crippen molar-refractivity contribution in [1.82, 2.24) is 14.7 Å². The van der Waals surface area contributed by atoms with Gasteiger partial charge >= 0.3 is 12.3 Å². The summed E-state index contributed by atoms with van der Waals surface area (Å²) >= 11 is 19.7. The molecule has 0 saturated carbocycles. The van der Waals surface area contributed by atoms with Gasteiger partial charge in [-0.2, -0.15) is 60.4 Å². The number of ether oxygens (including phenoxy) is 7. The molecular weight excluding hydrogens is 1750 g/mol. The minimum absolute atomic E-state index is 0.00649. The average Bonchev–Trinajstić information content (AvgIpc) is 0.835. The number of alkyl halides is 1. The fraction of sp³-hybridized carbons (Fsp3) is 0.785. The molecule has 0 bridgehead atoms. The van der Waals surface area contributed by atoms with Gasteiger partial charge in [-0.25, -0.2) is 26.4 Å². The van der Waals surface area contributed by atoms with Crippen LogP contribution in [-0.2, 0) is 79.6 Å². The van der Waals surface area contributed by atoms with E-state index in [0.29, 0.717) is 62.3 Å². The highest BCUT2D eigenvalue weighted by atomic mass is 35.5. The molecule has 3 aliphatic heterocycles. The van der Waals surface area contributed by atoms with Crippen molar-refractivity contribution in [2.75, 3.05) is 179 Å². The van der Waals surface area contributed by atoms with E-state index in [-0.39, 0.29) is 92.3 Å². The first-order valence-electron chi connectivity index (χ1n) is 41.3. The summed E-state index contributed by atoms with van der Waals surface area (Å²) in [5.74, 6) is 2.60. The van der Waals surface area contributed by atoms with Crippen LogP contribution in [-0.4, -0.2) is 272 Å². The smallest absolute Gasteiger partial charge is 0.433 e. The van der Waals surface area contributed by atoms with Crippen LogP contribution in [0.4, 0.5) is 9.59 Å². The summed E-state index contributed by atoms with van der Waals surface area (Å²) < 4.78 is 146. The van der Waals surface area contributed by atoms with Crippen molar-refractivity contribution in [2.45, 2.75) is 205 Å². The lowest BCUT2D eigenvalue weighted by Crippen LogP contribution is -2.37. The Labute approximate surface area is 759 Å². The number of rotatable bonds is 34. The van der Waals surface area contributed by atoms with Crippen LogP contribution in [0.2, 0.25) is 0 Å². The fourth-order valence-corrected chi connectivity index (χ4v) is 14.5. The summed E-state index contributed by atoms with van der Waals surface area (Å²) in [5.41, 5.74) is 1.45. The first-order valence-corrected chi connectivity index (χ1v) is 50.8. The molecule has 3 aliphatic rings. The van der Waals surface area contributed by atoms with Crippen molar-refractivity contribution >= 4 is 176 Å². The maximum absolute atomic E-state index is 12.3. The van der Waals surface area contributed by atoms with Gasteiger partial charge in [0.15, 0.2) is 30.3 Å². The van der Waals surface area contributed by atoms with Crippen LogP contribution in [0.3, 0.4) is 0 Å². The molecule has 2 aromatic carbocycles. The summed E-state index contributed by atoms with van der Waals surface area (Å²) in [7, 11) is -7.92. The van der Waals surface area contributed by atoms with Gasteiger partial charge in [0.05, 0.1) is 70.5 Å². The second kappa shape index (κ2) is 71.1. The molecule has 24 nitrogen and oxygen atoms in total. The van der Waals surface area contributed by atoms with Crippen LogP contribution in [0.1, 0.15) is 184 Å². The van der Waals surface area contributed by atoms with Crippen LogP contribution in [0.15, 0.2) is 58.3 Å². The molecule has 5 rings (SSSR count). The first-order chi connectivity index (χ1) is 56.8. The second-order valence-corrected chi connectivity index (χ2v) is 45.4. The van der Waals surface area contributed by atoms with Gasteiger partial charge in [0.1, 0.15) is 7.73 Å². The van der Waals surface area contributed by atoms with E-state index in [0.717, 1.165) is 162 Å². The number of nitrogens with zero attached hydrogens (tertiary/aromatic N) is 3. The number of hydrogen-bond donors (Lipinski definition) is 4. The van der Waals surface area contributed by atoms with E-state index in [2.05, 4.69) is 122 Å². The molecule has 2 N–H and O–H groups in total. The Hall–Kier alpha value is -1.08. The maximum Gasteiger partial charge on any atom is 0.509 e. The van der Waals surface area contributed by atoms with Crippen molar-refractivity contribution in [3.63, 3.8) is 0 Å². The molecule has 0 aromatic heterocycles. The van der Waals surface area contributed by atoms with E-state index in [4.69, 9.17) is 47.7 Å². The number of thioether (sulfide) groups is 3. The molecular formula is C79H150ClN3O21S12. The Morgan fingerprint density at radius 2 is 0.974 bits per heavy atom. The Morgan fingerprint density at radius 3 is 1.29 bits per heavy atom. The number of carbonyl (C=O) groups is 5. The lowest BCUT2D eigenvalue weighted by molar-refractivity contribution is -0.112. The Kier molecular flexibility index (Phi) is 69.2. The number of thiol groups is 2. The second-order valence-electron chi connectivity index (χ2n) is 31.0. The van der Waals surface area contributed by atoms with Crippen LogP contribution >= 0.6 is 120 Å². The molecule has 686 valence electrons. The molecule has 1 unspecified atom stereocenters. The molecule has 2 aromatic rings. The highest BCUT2D eigenvalue weighted by Crippen LogP contribution is 2.29. The van der Waals surface area contributed by atoms with Gasteiger partial charge in [0.25, 0.3) is 10.1 Å². The van der Waals surface area contributed by atoms with Crippen molar-refractivity contribution in [3.05, 3.63) is 59.7 Å². The van der Waals surface area contributed by atoms with Crippen LogP contribution in [0.5, 0.6) is 0 Å². The molecule has 0 aliphatic carbocycles. The van der Waals surface area contributed by atoms with Crippen molar-refractivity contribution in [3.8, 4) is 0 Å². The number of aliphatic hydroxyl groups excluding tert-OH is 2. The summed E-state index contributed by atoms with van der Waals surface area (Å²) in [6.07, 6.45) is 9.01. The first kappa shape index (κ1) is 113. The Balaban J connectivity index is -0.000000320. The molecule has 37 heteroatoms. The third kappa shape index (κ3) is 81.3. The quantitative estimate of drug-likeness (QED) is 0.0126. The molecule has 0 spiro atoms. The molecule has 3 saturated heterocycles. The number of halogens is 1. The van der Waals surface area contributed by atoms with E-state index in [1.807, 2.05) is 41.5 Å². The van der Waals surface area contributed by atoms with Crippen molar-refractivity contribution in [1.29, 1.82) is 3.37 Å². The monoisotopic (exact) mass is 1910 g/mol. The molecule has 3 heterocycles. The molecule has 0 radical (unpaired) electrons. The van der Waals surface area contributed by atoms with Gasteiger partial charge < -0.3 is 43.4 Å². The third-order valence-corrected chi connectivity index (χ3v) is 26.3. The zero-order chi connectivity index (χ0) is 95.3. The minimum atomic E-state index is -3.79. The number of morpholine rings is 3. The molecule has 0 amide bonds. The Bertz CT molecular complexity index is 3290. The van der Waals surface area contributed by atoms with Gasteiger partial charge in [0.2, 0.25) is 8.87 Å². The Morgan fingerprint density at radius 1 is 0.595 bits per heavy atom. The molecule has 116 heavy (non-hydrogen) atoms. The van der Waals surface area contributed by atoms with E-state index >= 15 is 0 Å². The van der Waals surface area contributed by atoms with E-state index in [1.54, 1.807) is 82.5 Å². The van der Waals surface area contributed by atoms with Gasteiger partial charge in [-0.1, -0.05) is 179 Å². The SMILES string of the molecule is CC(C)(CO)CCO.CC(C)OC(=O)OCCl.CSS(=O)(=O)c1ccc(C)cc1.CSS(C)(=O)=O.Cc1ccc(S(=O)(=O)OCC(C)(C)CSC(=O)CCN2CCOCC2)cc1.[3H]C(S)CC(C)(C)CSC(=O)CCN1CCOCC1.[3H]CC(C)(C)CCC.[3H]CC(C)(C)CCSC(=O)CCN1CCOCC1.[3H]S.[3H]S.[3H]SCCOC(=O)OC(C)C. The van der Waals surface area contributed by atoms with Gasteiger partial charge in [-0.15, -0.1) is 0 Å². The van der Waals surface area contributed by atoms with E-state index < -0.39 is 45.6 Å². The number of aryl methyl sites for hydroxylation is 2. The highest BCUT2D eigenvalue weighted by Gasteiger charge is 2.27. The van der Waals surface area contributed by atoms with Gasteiger partial charge in [0, 0.05) is 125 Å². The summed E-state index contributed by atoms with van der Waals surface area (Å²) in [6.45, 7) is 47.3. The number of carbonyl (C=O) groups excluding carboxylic acids is 5. The zero-order valence-electron chi connectivity index (χ0n) is 78.8. The van der Waals surface area contributed by atoms with Crippen molar-refractivity contribution in [2.24, 2.45) is 27.1 Å². The average molecular weight is 1910 g/mol. The lowest BCUT2D eigenvalue weighted by Gasteiger charge is -2.26. The normalized spacial score (nSPS) is 15.0. The van der Waals surface area contributed by atoms with Crippen LogP contribution < -0.4 is 0 Å². The molecule has 1 atom stereocenters. The number of hydrogen-bond acceptors (Lipinski definition) is 31. The largest absolute Gasteiger partial charge is 0.509 e. The maximum atomic E-state index is 12.3. The van der Waals surface area contributed by atoms with Gasteiger partial charge in [-0.05, 0) is 158 Å². The van der Waals surface area contributed by atoms with Crippen molar-refractivity contribution < 1.29 is 101 Å². The van der Waals surface area contributed by atoms with Crippen LogP contribution in [0, 0.1) is 40.9 Å². The van der Waals surface area contributed by atoms with Gasteiger partial charge in [-0.3, -0.25) is 33.3 Å².